The maximum Gasteiger partial charge on any atom is 0.573 e. The lowest BCUT2D eigenvalue weighted by Crippen LogP contribution is -2.23. The fourth-order valence-corrected chi connectivity index (χ4v) is 1.68. The van der Waals surface area contributed by atoms with Gasteiger partial charge in [-0.2, -0.15) is 5.26 Å². The van der Waals surface area contributed by atoms with Crippen molar-refractivity contribution in [2.45, 2.75) is 19.8 Å². The van der Waals surface area contributed by atoms with E-state index in [9.17, 15) is 13.2 Å². The number of hydrogen-bond donors (Lipinski definition) is 0. The number of hydrogen-bond acceptors (Lipinski definition) is 3. The predicted octanol–water partition coefficient (Wildman–Crippen LogP) is 3.18. The second-order valence-corrected chi connectivity index (χ2v) is 4.42. The van der Waals surface area contributed by atoms with Gasteiger partial charge in [-0.3, -0.25) is 0 Å². The molecule has 0 aromatic heterocycles. The van der Waals surface area contributed by atoms with Crippen LogP contribution in [0.25, 0.3) is 0 Å². The van der Waals surface area contributed by atoms with E-state index in [0.29, 0.717) is 13.1 Å². The van der Waals surface area contributed by atoms with Crippen LogP contribution < -0.4 is 4.74 Å². The number of halogens is 3. The van der Waals surface area contributed by atoms with Crippen LogP contribution >= 0.6 is 0 Å². The first-order valence-corrected chi connectivity index (χ1v) is 5.73. The summed E-state index contributed by atoms with van der Waals surface area (Å²) in [7, 11) is 1.86. The van der Waals surface area contributed by atoms with Crippen molar-refractivity contribution in [2.75, 3.05) is 13.6 Å². The van der Waals surface area contributed by atoms with Crippen molar-refractivity contribution in [1.82, 2.24) is 4.90 Å². The molecular formula is C13H15F3N2O. The van der Waals surface area contributed by atoms with Crippen molar-refractivity contribution in [2.24, 2.45) is 5.92 Å². The van der Waals surface area contributed by atoms with E-state index in [1.165, 1.54) is 12.1 Å². The zero-order chi connectivity index (χ0) is 14.5. The van der Waals surface area contributed by atoms with Crippen LogP contribution in [0.15, 0.2) is 24.3 Å². The second kappa shape index (κ2) is 6.43. The lowest BCUT2D eigenvalue weighted by molar-refractivity contribution is -0.274. The van der Waals surface area contributed by atoms with Gasteiger partial charge in [-0.15, -0.1) is 13.2 Å². The van der Waals surface area contributed by atoms with Crippen molar-refractivity contribution < 1.29 is 17.9 Å². The van der Waals surface area contributed by atoms with Gasteiger partial charge in [0.15, 0.2) is 0 Å². The molecular weight excluding hydrogens is 257 g/mol. The Bertz CT molecular complexity index is 437. The third kappa shape index (κ3) is 6.11. The van der Waals surface area contributed by atoms with E-state index in [1.807, 2.05) is 18.9 Å². The van der Waals surface area contributed by atoms with Gasteiger partial charge >= 0.3 is 6.36 Å². The minimum Gasteiger partial charge on any atom is -0.406 e. The van der Waals surface area contributed by atoms with Gasteiger partial charge in [-0.1, -0.05) is 12.1 Å². The van der Waals surface area contributed by atoms with E-state index in [4.69, 9.17) is 5.26 Å². The minimum absolute atomic E-state index is 0.0853. The number of alkyl halides is 3. The van der Waals surface area contributed by atoms with Crippen LogP contribution in [-0.2, 0) is 6.54 Å². The van der Waals surface area contributed by atoms with Gasteiger partial charge in [-0.25, -0.2) is 0 Å². The summed E-state index contributed by atoms with van der Waals surface area (Å²) in [5.74, 6) is -0.317. The minimum atomic E-state index is -4.67. The van der Waals surface area contributed by atoms with E-state index in [2.05, 4.69) is 10.8 Å². The molecule has 0 saturated heterocycles. The highest BCUT2D eigenvalue weighted by Gasteiger charge is 2.30. The molecule has 0 heterocycles. The zero-order valence-corrected chi connectivity index (χ0v) is 10.7. The van der Waals surface area contributed by atoms with Crippen molar-refractivity contribution in [3.05, 3.63) is 29.8 Å². The van der Waals surface area contributed by atoms with Crippen LogP contribution in [0.3, 0.4) is 0 Å². The Morgan fingerprint density at radius 3 is 2.37 bits per heavy atom. The number of nitriles is 1. The standard InChI is InChI=1S/C13H15F3N2O/c1-10(7-17)8-18(2)9-11-3-5-12(6-4-11)19-13(14,15)16/h3-6,10H,8-9H2,1-2H3. The molecule has 1 rings (SSSR count). The Morgan fingerprint density at radius 2 is 1.89 bits per heavy atom. The summed E-state index contributed by atoms with van der Waals surface area (Å²) in [6, 6.07) is 7.85. The quantitative estimate of drug-likeness (QED) is 0.826. The van der Waals surface area contributed by atoms with Crippen LogP contribution in [0.2, 0.25) is 0 Å². The van der Waals surface area contributed by atoms with Gasteiger partial charge in [-0.05, 0) is 31.7 Å². The molecule has 0 spiro atoms. The fourth-order valence-electron chi connectivity index (χ4n) is 1.68. The zero-order valence-electron chi connectivity index (χ0n) is 10.7. The predicted molar refractivity (Wildman–Crippen MR) is 64.2 cm³/mol. The average molecular weight is 272 g/mol. The maximum absolute atomic E-state index is 12.0. The molecule has 1 aromatic carbocycles. The average Bonchev–Trinajstić information content (AvgIpc) is 2.29. The molecule has 0 radical (unpaired) electrons. The van der Waals surface area contributed by atoms with Crippen molar-refractivity contribution in [3.8, 4) is 11.8 Å². The van der Waals surface area contributed by atoms with Gasteiger partial charge in [0.25, 0.3) is 0 Å². The first-order valence-electron chi connectivity index (χ1n) is 5.73. The second-order valence-electron chi connectivity index (χ2n) is 4.42. The van der Waals surface area contributed by atoms with Crippen molar-refractivity contribution in [1.29, 1.82) is 5.26 Å². The Hall–Kier alpha value is -1.74. The first kappa shape index (κ1) is 15.3. The van der Waals surface area contributed by atoms with Gasteiger partial charge in [0.05, 0.1) is 12.0 Å². The van der Waals surface area contributed by atoms with Gasteiger partial charge in [0, 0.05) is 13.1 Å². The Labute approximate surface area is 110 Å². The number of ether oxygens (including phenoxy) is 1. The summed E-state index contributed by atoms with van der Waals surface area (Å²) in [5.41, 5.74) is 0.863. The fraction of sp³-hybridized carbons (Fsp3) is 0.462. The molecule has 1 unspecified atom stereocenters. The monoisotopic (exact) mass is 272 g/mol. The number of benzene rings is 1. The molecule has 0 N–H and O–H groups in total. The third-order valence-corrected chi connectivity index (χ3v) is 2.42. The summed E-state index contributed by atoms with van der Waals surface area (Å²) in [4.78, 5) is 1.94. The van der Waals surface area contributed by atoms with Crippen LogP contribution in [0.1, 0.15) is 12.5 Å². The molecule has 0 amide bonds. The van der Waals surface area contributed by atoms with E-state index >= 15 is 0 Å². The van der Waals surface area contributed by atoms with Gasteiger partial charge in [0.2, 0.25) is 0 Å². The third-order valence-electron chi connectivity index (χ3n) is 2.42. The molecule has 1 atom stereocenters. The Balaban J connectivity index is 2.55. The van der Waals surface area contributed by atoms with Gasteiger partial charge in [0.1, 0.15) is 5.75 Å². The number of rotatable bonds is 5. The highest BCUT2D eigenvalue weighted by molar-refractivity contribution is 5.27. The van der Waals surface area contributed by atoms with E-state index in [0.717, 1.165) is 5.56 Å². The summed E-state index contributed by atoms with van der Waals surface area (Å²) in [5, 5.41) is 8.69. The molecule has 0 aliphatic carbocycles. The summed E-state index contributed by atoms with van der Waals surface area (Å²) in [6.45, 7) is 2.99. The normalized spacial score (nSPS) is 13.1. The molecule has 0 aliphatic rings. The van der Waals surface area contributed by atoms with Crippen LogP contribution in [0.4, 0.5) is 13.2 Å². The Kier molecular flexibility index (Phi) is 5.19. The maximum atomic E-state index is 12.0. The summed E-state index contributed by atoms with van der Waals surface area (Å²) < 4.78 is 39.7. The van der Waals surface area contributed by atoms with Crippen LogP contribution in [0.5, 0.6) is 5.75 Å². The largest absolute Gasteiger partial charge is 0.573 e. The van der Waals surface area contributed by atoms with E-state index in [1.54, 1.807) is 12.1 Å². The molecule has 1 aromatic rings. The van der Waals surface area contributed by atoms with E-state index < -0.39 is 6.36 Å². The van der Waals surface area contributed by atoms with Crippen molar-refractivity contribution >= 4 is 0 Å². The van der Waals surface area contributed by atoms with Gasteiger partial charge < -0.3 is 9.64 Å². The van der Waals surface area contributed by atoms with Crippen molar-refractivity contribution in [3.63, 3.8) is 0 Å². The smallest absolute Gasteiger partial charge is 0.406 e. The lowest BCUT2D eigenvalue weighted by atomic mass is 10.1. The molecule has 0 fully saturated rings. The molecule has 0 saturated carbocycles. The SMILES string of the molecule is CC(C#N)CN(C)Cc1ccc(OC(F)(F)F)cc1. The van der Waals surface area contributed by atoms with Crippen LogP contribution in [-0.4, -0.2) is 24.9 Å². The topological polar surface area (TPSA) is 36.3 Å². The van der Waals surface area contributed by atoms with Crippen LogP contribution in [0, 0.1) is 17.2 Å². The number of nitrogens with zero attached hydrogens (tertiary/aromatic N) is 2. The van der Waals surface area contributed by atoms with E-state index in [-0.39, 0.29) is 11.7 Å². The molecule has 0 bridgehead atoms. The lowest BCUT2D eigenvalue weighted by Gasteiger charge is -2.18. The summed E-state index contributed by atoms with van der Waals surface area (Å²) >= 11 is 0. The molecule has 0 aliphatic heterocycles. The molecule has 3 nitrogen and oxygen atoms in total. The highest BCUT2D eigenvalue weighted by atomic mass is 19.4. The molecule has 19 heavy (non-hydrogen) atoms. The Morgan fingerprint density at radius 1 is 1.32 bits per heavy atom. The highest BCUT2D eigenvalue weighted by Crippen LogP contribution is 2.23. The summed E-state index contributed by atoms with van der Waals surface area (Å²) in [6.07, 6.45) is -4.67. The first-order chi connectivity index (χ1) is 8.80. The molecule has 6 heteroatoms. The molecule has 104 valence electrons.